The van der Waals surface area contributed by atoms with Crippen LogP contribution < -0.4 is 9.80 Å². The minimum Gasteiger partial charge on any atom is -0.310 e. The Labute approximate surface area is 312 Å². The third kappa shape index (κ3) is 6.41. The van der Waals surface area contributed by atoms with Gasteiger partial charge in [0.05, 0.1) is 17.1 Å². The first kappa shape index (κ1) is 32.3. The van der Waals surface area contributed by atoms with Crippen molar-refractivity contribution in [3.8, 4) is 0 Å². The second-order valence-corrected chi connectivity index (χ2v) is 13.9. The van der Waals surface area contributed by atoms with Crippen LogP contribution >= 0.6 is 0 Å². The molecule has 1 aliphatic rings. The molecule has 0 saturated carbocycles. The molecule has 0 fully saturated rings. The molecule has 0 aliphatic heterocycles. The fourth-order valence-electron chi connectivity index (χ4n) is 7.72. The van der Waals surface area contributed by atoms with Crippen LogP contribution in [0.3, 0.4) is 0 Å². The molecule has 1 atom stereocenters. The van der Waals surface area contributed by atoms with Crippen LogP contribution in [0.4, 0.5) is 34.1 Å². The van der Waals surface area contributed by atoms with Crippen LogP contribution in [0.2, 0.25) is 0 Å². The van der Waals surface area contributed by atoms with Crippen molar-refractivity contribution in [2.75, 3.05) is 9.80 Å². The van der Waals surface area contributed by atoms with E-state index in [9.17, 15) is 0 Å². The van der Waals surface area contributed by atoms with Crippen LogP contribution in [-0.4, -0.2) is 0 Å². The van der Waals surface area contributed by atoms with E-state index >= 15 is 0 Å². The highest BCUT2D eigenvalue weighted by Crippen LogP contribution is 2.43. The summed E-state index contributed by atoms with van der Waals surface area (Å²) in [6.45, 7) is 2.29. The Morgan fingerprint density at radius 1 is 0.434 bits per heavy atom. The summed E-state index contributed by atoms with van der Waals surface area (Å²) < 4.78 is 0. The molecule has 1 aliphatic carbocycles. The van der Waals surface area contributed by atoms with Gasteiger partial charge in [-0.25, -0.2) is 0 Å². The number of benzene rings is 8. The molecule has 0 radical (unpaired) electrons. The van der Waals surface area contributed by atoms with E-state index in [1.807, 2.05) is 0 Å². The molecule has 0 N–H and O–H groups in total. The first-order valence-corrected chi connectivity index (χ1v) is 18.5. The third-order valence-corrected chi connectivity index (χ3v) is 10.3. The predicted molar refractivity (Wildman–Crippen MR) is 228 cm³/mol. The number of nitrogens with zero attached hydrogens (tertiary/aromatic N) is 2. The number of fused-ring (bicyclic) bond motifs is 3. The first-order valence-electron chi connectivity index (χ1n) is 18.5. The van der Waals surface area contributed by atoms with Crippen molar-refractivity contribution >= 4 is 73.9 Å². The predicted octanol–water partition coefficient (Wildman–Crippen LogP) is 14.3. The highest BCUT2D eigenvalue weighted by molar-refractivity contribution is 6.01. The van der Waals surface area contributed by atoms with Crippen molar-refractivity contribution in [1.82, 2.24) is 0 Å². The molecule has 8 aromatic carbocycles. The number of rotatable bonds is 8. The maximum absolute atomic E-state index is 2.43. The van der Waals surface area contributed by atoms with E-state index in [1.54, 1.807) is 0 Å². The van der Waals surface area contributed by atoms with E-state index in [2.05, 4.69) is 223 Å². The Kier molecular flexibility index (Phi) is 8.63. The molecule has 9 rings (SSSR count). The molecule has 0 amide bonds. The third-order valence-electron chi connectivity index (χ3n) is 10.3. The number of para-hydroxylation sites is 1. The summed E-state index contributed by atoms with van der Waals surface area (Å²) in [6, 6.07) is 65.6. The average molecular weight is 681 g/mol. The van der Waals surface area contributed by atoms with Crippen molar-refractivity contribution < 1.29 is 0 Å². The lowest BCUT2D eigenvalue weighted by Gasteiger charge is -2.30. The number of allylic oxidation sites excluding steroid dienone is 1. The van der Waals surface area contributed by atoms with E-state index in [-0.39, 0.29) is 0 Å². The lowest BCUT2D eigenvalue weighted by molar-refractivity contribution is 0.717. The molecule has 2 nitrogen and oxygen atoms in total. The number of hydrogen-bond acceptors (Lipinski definition) is 2. The van der Waals surface area contributed by atoms with E-state index in [0.29, 0.717) is 5.92 Å². The van der Waals surface area contributed by atoms with Crippen molar-refractivity contribution in [1.29, 1.82) is 0 Å². The van der Waals surface area contributed by atoms with Gasteiger partial charge in [-0.2, -0.15) is 0 Å². The Balaban J connectivity index is 1.03. The molecule has 53 heavy (non-hydrogen) atoms. The van der Waals surface area contributed by atoms with Gasteiger partial charge in [0.1, 0.15) is 0 Å². The quantitative estimate of drug-likeness (QED) is 0.147. The zero-order chi connectivity index (χ0) is 35.6. The van der Waals surface area contributed by atoms with Crippen LogP contribution in [0, 0.1) is 5.92 Å². The molecule has 1 unspecified atom stereocenters. The number of hydrogen-bond donors (Lipinski definition) is 0. The lowest BCUT2D eigenvalue weighted by Crippen LogP contribution is -2.14. The highest BCUT2D eigenvalue weighted by Gasteiger charge is 2.21. The van der Waals surface area contributed by atoms with Crippen LogP contribution in [-0.2, 0) is 6.42 Å². The van der Waals surface area contributed by atoms with Crippen molar-refractivity contribution in [2.45, 2.75) is 13.3 Å². The van der Waals surface area contributed by atoms with Gasteiger partial charge in [0.15, 0.2) is 0 Å². The van der Waals surface area contributed by atoms with E-state index in [4.69, 9.17) is 0 Å². The first-order chi connectivity index (χ1) is 26.2. The summed E-state index contributed by atoms with van der Waals surface area (Å²) in [5.41, 5.74) is 11.9. The van der Waals surface area contributed by atoms with Crippen molar-refractivity contribution in [3.63, 3.8) is 0 Å². The van der Waals surface area contributed by atoms with E-state index in [1.165, 1.54) is 44.0 Å². The number of anilines is 6. The van der Waals surface area contributed by atoms with Gasteiger partial charge in [-0.05, 0) is 94.4 Å². The van der Waals surface area contributed by atoms with Gasteiger partial charge < -0.3 is 9.80 Å². The Morgan fingerprint density at radius 3 is 1.53 bits per heavy atom. The van der Waals surface area contributed by atoms with Crippen LogP contribution in [0.5, 0.6) is 0 Å². The normalized spacial score (nSPS) is 13.7. The molecule has 8 aromatic rings. The SMILES string of the molecule is CC1C=Cc2c(cccc2N(c2ccc(/C=C/c3ccc(N(c4ccccc4)c4cccc5ccccc45)cc3)cc2)c2cccc3ccccc23)C1. The van der Waals surface area contributed by atoms with Gasteiger partial charge in [0.25, 0.3) is 0 Å². The maximum Gasteiger partial charge on any atom is 0.0540 e. The fraction of sp³-hybridized carbons (Fsp3) is 0.0588. The van der Waals surface area contributed by atoms with Crippen LogP contribution in [0.1, 0.15) is 29.2 Å². The minimum atomic E-state index is 0.540. The van der Waals surface area contributed by atoms with Crippen LogP contribution in [0.25, 0.3) is 39.8 Å². The van der Waals surface area contributed by atoms with E-state index < -0.39 is 0 Å². The zero-order valence-corrected chi connectivity index (χ0v) is 29.8. The van der Waals surface area contributed by atoms with Gasteiger partial charge in [0.2, 0.25) is 0 Å². The Bertz CT molecular complexity index is 2590. The smallest absolute Gasteiger partial charge is 0.0540 e. The highest BCUT2D eigenvalue weighted by atomic mass is 15.1. The maximum atomic E-state index is 2.43. The van der Waals surface area contributed by atoms with Crippen molar-refractivity contribution in [3.05, 3.63) is 210 Å². The fourth-order valence-corrected chi connectivity index (χ4v) is 7.72. The zero-order valence-electron chi connectivity index (χ0n) is 29.8. The summed E-state index contributed by atoms with van der Waals surface area (Å²) >= 11 is 0. The van der Waals surface area contributed by atoms with Gasteiger partial charge in [0, 0.05) is 33.4 Å². The topological polar surface area (TPSA) is 6.48 Å². The minimum absolute atomic E-state index is 0.540. The molecule has 2 heteroatoms. The summed E-state index contributed by atoms with van der Waals surface area (Å²) in [4.78, 5) is 4.78. The second-order valence-electron chi connectivity index (χ2n) is 13.9. The van der Waals surface area contributed by atoms with Crippen LogP contribution in [0.15, 0.2) is 188 Å². The summed E-state index contributed by atoms with van der Waals surface area (Å²) in [7, 11) is 0. The molecule has 0 saturated heterocycles. The molecule has 0 bridgehead atoms. The molecule has 254 valence electrons. The molecular weight excluding hydrogens is 641 g/mol. The monoisotopic (exact) mass is 680 g/mol. The molecular formula is C51H40N2. The van der Waals surface area contributed by atoms with E-state index in [0.717, 1.165) is 40.3 Å². The summed E-state index contributed by atoms with van der Waals surface area (Å²) in [5, 5.41) is 4.92. The van der Waals surface area contributed by atoms with Gasteiger partial charge in [-0.15, -0.1) is 0 Å². The molecule has 0 aromatic heterocycles. The average Bonchev–Trinajstić information content (AvgIpc) is 3.22. The Morgan fingerprint density at radius 2 is 0.906 bits per heavy atom. The largest absolute Gasteiger partial charge is 0.310 e. The molecule has 0 heterocycles. The standard InChI is InChI=1S/C51H40N2/c1-37-24-35-48-42(36-37)16-11-23-51(48)53(50-22-10-15-41-13-6-8-20-47(41)50)45-33-29-39(30-34-45)26-25-38-27-31-44(32-28-38)52(43-17-3-2-4-18-43)49-21-9-14-40-12-5-7-19-46(40)49/h2-35,37H,36H2,1H3/b26-25+. The summed E-state index contributed by atoms with van der Waals surface area (Å²) in [5.74, 6) is 0.540. The molecule has 0 spiro atoms. The van der Waals surface area contributed by atoms with Crippen molar-refractivity contribution in [2.24, 2.45) is 5.92 Å². The van der Waals surface area contributed by atoms with Gasteiger partial charge >= 0.3 is 0 Å². The Hall–Kier alpha value is -6.64. The summed E-state index contributed by atoms with van der Waals surface area (Å²) in [6.07, 6.45) is 10.1. The van der Waals surface area contributed by atoms with Gasteiger partial charge in [-0.1, -0.05) is 159 Å². The van der Waals surface area contributed by atoms with Gasteiger partial charge in [-0.3, -0.25) is 0 Å². The lowest BCUT2D eigenvalue weighted by atomic mass is 9.89. The second kappa shape index (κ2) is 14.2.